The van der Waals surface area contributed by atoms with Crippen LogP contribution in [-0.2, 0) is 10.9 Å². The van der Waals surface area contributed by atoms with Gasteiger partial charge in [-0.3, -0.25) is 4.79 Å². The molecular formula is C17H16F4N4O2. The first-order chi connectivity index (χ1) is 12.8. The highest BCUT2D eigenvalue weighted by molar-refractivity contribution is 5.93. The Bertz CT molecular complexity index is 857. The highest BCUT2D eigenvalue weighted by Crippen LogP contribution is 2.39. The zero-order chi connectivity index (χ0) is 19.2. The minimum Gasteiger partial charge on any atom is -0.381 e. The maximum absolute atomic E-state index is 13.7. The average molecular weight is 384 g/mol. The standard InChI is InChI=1S/C17H16F4N4O2/c18-11-1-3-12(4-2-11)25-14(17(19,20)21)13(22-23-25)15(26)24-7-5-16(9-24)6-8-27-10-16/h1-4H,5-10H2. The topological polar surface area (TPSA) is 60.2 Å². The third-order valence-electron chi connectivity index (χ3n) is 5.12. The van der Waals surface area contributed by atoms with Crippen LogP contribution in [0.3, 0.4) is 0 Å². The predicted molar refractivity (Wildman–Crippen MR) is 84.7 cm³/mol. The van der Waals surface area contributed by atoms with Gasteiger partial charge in [0.2, 0.25) is 0 Å². The zero-order valence-electron chi connectivity index (χ0n) is 14.2. The number of rotatable bonds is 2. The molecule has 1 aromatic heterocycles. The first-order valence-electron chi connectivity index (χ1n) is 8.45. The molecule has 1 spiro atoms. The smallest absolute Gasteiger partial charge is 0.381 e. The van der Waals surface area contributed by atoms with Crippen molar-refractivity contribution in [2.45, 2.75) is 19.0 Å². The lowest BCUT2D eigenvalue weighted by atomic mass is 9.87. The Morgan fingerprint density at radius 1 is 1.19 bits per heavy atom. The molecule has 2 aliphatic heterocycles. The van der Waals surface area contributed by atoms with Crippen molar-refractivity contribution in [1.29, 1.82) is 0 Å². The van der Waals surface area contributed by atoms with Gasteiger partial charge in [-0.25, -0.2) is 9.07 Å². The molecule has 0 N–H and O–H groups in total. The molecule has 1 atom stereocenters. The maximum Gasteiger partial charge on any atom is 0.435 e. The van der Waals surface area contributed by atoms with Crippen molar-refractivity contribution >= 4 is 5.91 Å². The van der Waals surface area contributed by atoms with E-state index < -0.39 is 29.3 Å². The van der Waals surface area contributed by atoms with E-state index in [0.29, 0.717) is 37.4 Å². The molecule has 1 unspecified atom stereocenters. The summed E-state index contributed by atoms with van der Waals surface area (Å²) in [6.45, 7) is 1.79. The summed E-state index contributed by atoms with van der Waals surface area (Å²) in [4.78, 5) is 14.1. The number of ether oxygens (including phenoxy) is 1. The number of aromatic nitrogens is 3. The number of nitrogens with zero attached hydrogens (tertiary/aromatic N) is 4. The minimum atomic E-state index is -4.85. The van der Waals surface area contributed by atoms with E-state index in [0.717, 1.165) is 30.7 Å². The molecule has 2 fully saturated rings. The second-order valence-corrected chi connectivity index (χ2v) is 6.95. The molecule has 0 saturated carbocycles. The summed E-state index contributed by atoms with van der Waals surface area (Å²) in [5, 5.41) is 7.03. The van der Waals surface area contributed by atoms with E-state index in [4.69, 9.17) is 4.74 Å². The zero-order valence-corrected chi connectivity index (χ0v) is 14.2. The number of carbonyl (C=O) groups excluding carboxylic acids is 1. The maximum atomic E-state index is 13.7. The third-order valence-corrected chi connectivity index (χ3v) is 5.12. The van der Waals surface area contributed by atoms with Gasteiger partial charge in [0.05, 0.1) is 12.3 Å². The lowest BCUT2D eigenvalue weighted by Gasteiger charge is -2.21. The second kappa shape index (κ2) is 6.29. The Morgan fingerprint density at radius 2 is 1.93 bits per heavy atom. The number of alkyl halides is 3. The van der Waals surface area contributed by atoms with Crippen LogP contribution in [0.1, 0.15) is 29.0 Å². The van der Waals surface area contributed by atoms with Crippen molar-refractivity contribution in [1.82, 2.24) is 19.9 Å². The summed E-state index contributed by atoms with van der Waals surface area (Å²) in [5.41, 5.74) is -2.22. The quantitative estimate of drug-likeness (QED) is 0.747. The van der Waals surface area contributed by atoms with Gasteiger partial charge in [0.15, 0.2) is 11.4 Å². The molecule has 144 valence electrons. The van der Waals surface area contributed by atoms with E-state index in [1.54, 1.807) is 0 Å². The van der Waals surface area contributed by atoms with Crippen LogP contribution in [0, 0.1) is 11.2 Å². The highest BCUT2D eigenvalue weighted by atomic mass is 19.4. The van der Waals surface area contributed by atoms with Crippen molar-refractivity contribution in [2.24, 2.45) is 5.41 Å². The van der Waals surface area contributed by atoms with Gasteiger partial charge < -0.3 is 9.64 Å². The molecule has 2 aliphatic rings. The first-order valence-corrected chi connectivity index (χ1v) is 8.45. The summed E-state index contributed by atoms with van der Waals surface area (Å²) in [5.74, 6) is -1.40. The Labute approximate surface area is 151 Å². The van der Waals surface area contributed by atoms with Crippen molar-refractivity contribution < 1.29 is 27.1 Å². The lowest BCUT2D eigenvalue weighted by molar-refractivity contribution is -0.143. The summed E-state index contributed by atoms with van der Waals surface area (Å²) in [6.07, 6.45) is -3.38. The molecule has 6 nitrogen and oxygen atoms in total. The lowest BCUT2D eigenvalue weighted by Crippen LogP contribution is -2.34. The largest absolute Gasteiger partial charge is 0.435 e. The Kier molecular flexibility index (Phi) is 4.17. The fourth-order valence-electron chi connectivity index (χ4n) is 3.67. The molecule has 1 amide bonds. The highest BCUT2D eigenvalue weighted by Gasteiger charge is 2.47. The molecule has 2 saturated heterocycles. The van der Waals surface area contributed by atoms with Crippen LogP contribution in [0.5, 0.6) is 0 Å². The number of amides is 1. The fourth-order valence-corrected chi connectivity index (χ4v) is 3.67. The molecule has 0 bridgehead atoms. The molecule has 0 radical (unpaired) electrons. The van der Waals surface area contributed by atoms with Crippen LogP contribution in [0.4, 0.5) is 17.6 Å². The SMILES string of the molecule is O=C(c1nnn(-c2ccc(F)cc2)c1C(F)(F)F)N1CCC2(CCOC2)C1. The van der Waals surface area contributed by atoms with Gasteiger partial charge >= 0.3 is 6.18 Å². The van der Waals surface area contributed by atoms with Crippen LogP contribution in [0.15, 0.2) is 24.3 Å². The normalized spacial score (nSPS) is 22.7. The number of likely N-dealkylation sites (tertiary alicyclic amines) is 1. The van der Waals surface area contributed by atoms with Crippen molar-refractivity contribution in [3.8, 4) is 5.69 Å². The van der Waals surface area contributed by atoms with E-state index in [1.165, 1.54) is 4.90 Å². The van der Waals surface area contributed by atoms with Gasteiger partial charge in [-0.05, 0) is 37.1 Å². The molecule has 27 heavy (non-hydrogen) atoms. The summed E-state index contributed by atoms with van der Waals surface area (Å²) >= 11 is 0. The van der Waals surface area contributed by atoms with Crippen molar-refractivity contribution in [2.75, 3.05) is 26.3 Å². The first kappa shape index (κ1) is 17.9. The molecule has 2 aromatic rings. The minimum absolute atomic E-state index is 0.0302. The summed E-state index contributed by atoms with van der Waals surface area (Å²) in [6, 6.07) is 4.33. The van der Waals surface area contributed by atoms with E-state index in [1.807, 2.05) is 0 Å². The molecule has 4 rings (SSSR count). The van der Waals surface area contributed by atoms with Crippen molar-refractivity contribution in [3.63, 3.8) is 0 Å². The fraction of sp³-hybridized carbons (Fsp3) is 0.471. The van der Waals surface area contributed by atoms with Crippen LogP contribution in [0.25, 0.3) is 5.69 Å². The number of carbonyl (C=O) groups is 1. The average Bonchev–Trinajstić information content (AvgIpc) is 3.35. The third kappa shape index (κ3) is 3.18. The van der Waals surface area contributed by atoms with Gasteiger partial charge in [-0.2, -0.15) is 13.2 Å². The Balaban J connectivity index is 1.68. The van der Waals surface area contributed by atoms with Gasteiger partial charge in [0.25, 0.3) is 5.91 Å². The van der Waals surface area contributed by atoms with Crippen LogP contribution in [-0.4, -0.2) is 52.1 Å². The summed E-state index contributed by atoms with van der Waals surface area (Å²) in [7, 11) is 0. The molecular weight excluding hydrogens is 368 g/mol. The van der Waals surface area contributed by atoms with Gasteiger partial charge in [-0.15, -0.1) is 5.10 Å². The second-order valence-electron chi connectivity index (χ2n) is 6.95. The molecule has 1 aromatic carbocycles. The van der Waals surface area contributed by atoms with Crippen molar-refractivity contribution in [3.05, 3.63) is 41.5 Å². The number of hydrogen-bond donors (Lipinski definition) is 0. The summed E-state index contributed by atoms with van der Waals surface area (Å²) < 4.78 is 60.0. The van der Waals surface area contributed by atoms with Crippen LogP contribution < -0.4 is 0 Å². The van der Waals surface area contributed by atoms with Crippen LogP contribution in [0.2, 0.25) is 0 Å². The van der Waals surface area contributed by atoms with Gasteiger partial charge in [0.1, 0.15) is 5.82 Å². The van der Waals surface area contributed by atoms with E-state index in [-0.39, 0.29) is 11.1 Å². The number of benzene rings is 1. The predicted octanol–water partition coefficient (Wildman–Crippen LogP) is 2.68. The Hall–Kier alpha value is -2.49. The molecule has 0 aliphatic carbocycles. The Morgan fingerprint density at radius 3 is 2.56 bits per heavy atom. The molecule has 3 heterocycles. The monoisotopic (exact) mass is 384 g/mol. The molecule has 10 heteroatoms. The number of halogens is 4. The number of hydrogen-bond acceptors (Lipinski definition) is 4. The van der Waals surface area contributed by atoms with Gasteiger partial charge in [-0.1, -0.05) is 5.21 Å². The van der Waals surface area contributed by atoms with Crippen LogP contribution >= 0.6 is 0 Å². The van der Waals surface area contributed by atoms with E-state index in [2.05, 4.69) is 10.3 Å². The van der Waals surface area contributed by atoms with Gasteiger partial charge in [0, 0.05) is 25.1 Å². The van der Waals surface area contributed by atoms with E-state index in [9.17, 15) is 22.4 Å². The van der Waals surface area contributed by atoms with E-state index >= 15 is 0 Å².